The molecule has 0 bridgehead atoms. The van der Waals surface area contributed by atoms with Crippen molar-refractivity contribution in [3.63, 3.8) is 0 Å². The Hall–Kier alpha value is -3.82. The van der Waals surface area contributed by atoms with Crippen LogP contribution in [0.4, 0.5) is 0 Å². The largest absolute Gasteiger partial charge is 0.497 e. The molecule has 0 radical (unpaired) electrons. The summed E-state index contributed by atoms with van der Waals surface area (Å²) in [6.07, 6.45) is 0. The number of amides is 1. The molecule has 37 heavy (non-hydrogen) atoms. The summed E-state index contributed by atoms with van der Waals surface area (Å²) >= 11 is 1.45. The highest BCUT2D eigenvalue weighted by Crippen LogP contribution is 2.27. The minimum Gasteiger partial charge on any atom is -0.497 e. The quantitative estimate of drug-likeness (QED) is 0.269. The maximum absolute atomic E-state index is 13.7. The van der Waals surface area contributed by atoms with Crippen LogP contribution in [-0.4, -0.2) is 60.9 Å². The van der Waals surface area contributed by atoms with Gasteiger partial charge in [0.2, 0.25) is 0 Å². The standard InChI is InChI=1S/C28H27N3O5S/c1-34-22-9-7-21(8-10-22)31-27(33)24-11-6-20(26(32)30-12-14-36-15-13-30)17-25(24)29-28(31)37-18-19-4-3-5-23(16-19)35-2/h3-11,16-17H,12-15,18H2,1-2H3. The van der Waals surface area contributed by atoms with Gasteiger partial charge in [0.25, 0.3) is 11.5 Å². The Balaban J connectivity index is 1.57. The molecule has 2 heterocycles. The van der Waals surface area contributed by atoms with E-state index in [9.17, 15) is 9.59 Å². The molecule has 1 saturated heterocycles. The number of hydrogen-bond acceptors (Lipinski definition) is 7. The lowest BCUT2D eigenvalue weighted by Gasteiger charge is -2.26. The number of rotatable bonds is 7. The van der Waals surface area contributed by atoms with E-state index >= 15 is 0 Å². The van der Waals surface area contributed by atoms with Crippen LogP contribution in [0, 0.1) is 0 Å². The molecule has 1 aliphatic rings. The first-order valence-corrected chi connectivity index (χ1v) is 12.9. The SMILES string of the molecule is COc1ccc(-n2c(SCc3cccc(OC)c3)nc3cc(C(=O)N4CCOCC4)ccc3c2=O)cc1. The molecule has 5 rings (SSSR count). The van der Waals surface area contributed by atoms with Crippen molar-refractivity contribution in [2.75, 3.05) is 40.5 Å². The monoisotopic (exact) mass is 517 g/mol. The van der Waals surface area contributed by atoms with E-state index in [0.717, 1.165) is 11.3 Å². The van der Waals surface area contributed by atoms with Crippen LogP contribution in [0.3, 0.4) is 0 Å². The maximum Gasteiger partial charge on any atom is 0.266 e. The van der Waals surface area contributed by atoms with Crippen LogP contribution in [-0.2, 0) is 10.5 Å². The topological polar surface area (TPSA) is 82.9 Å². The lowest BCUT2D eigenvalue weighted by atomic mass is 10.1. The molecule has 0 atom stereocenters. The van der Waals surface area contributed by atoms with E-state index in [2.05, 4.69) is 0 Å². The molecule has 4 aromatic rings. The average molecular weight is 518 g/mol. The summed E-state index contributed by atoms with van der Waals surface area (Å²) in [7, 11) is 3.23. The number of fused-ring (bicyclic) bond motifs is 1. The normalized spacial score (nSPS) is 13.5. The molecular weight excluding hydrogens is 490 g/mol. The van der Waals surface area contributed by atoms with Crippen molar-refractivity contribution in [1.82, 2.24) is 14.5 Å². The Labute approximate surface area is 218 Å². The Morgan fingerprint density at radius 2 is 1.73 bits per heavy atom. The highest BCUT2D eigenvalue weighted by molar-refractivity contribution is 7.98. The smallest absolute Gasteiger partial charge is 0.266 e. The van der Waals surface area contributed by atoms with Crippen molar-refractivity contribution in [3.05, 3.63) is 88.2 Å². The second-order valence-electron chi connectivity index (χ2n) is 8.51. The van der Waals surface area contributed by atoms with Crippen molar-refractivity contribution in [3.8, 4) is 17.2 Å². The number of benzene rings is 3. The van der Waals surface area contributed by atoms with Gasteiger partial charge >= 0.3 is 0 Å². The third kappa shape index (κ3) is 5.33. The highest BCUT2D eigenvalue weighted by Gasteiger charge is 2.20. The van der Waals surface area contributed by atoms with E-state index in [4.69, 9.17) is 19.2 Å². The van der Waals surface area contributed by atoms with Crippen molar-refractivity contribution in [2.24, 2.45) is 0 Å². The third-order valence-corrected chi connectivity index (χ3v) is 7.23. The number of methoxy groups -OCH3 is 2. The van der Waals surface area contributed by atoms with Gasteiger partial charge in [-0.1, -0.05) is 23.9 Å². The van der Waals surface area contributed by atoms with Crippen LogP contribution in [0.1, 0.15) is 15.9 Å². The van der Waals surface area contributed by atoms with Gasteiger partial charge in [-0.3, -0.25) is 14.2 Å². The second-order valence-corrected chi connectivity index (χ2v) is 9.45. The first-order valence-electron chi connectivity index (χ1n) is 11.9. The van der Waals surface area contributed by atoms with Gasteiger partial charge in [-0.05, 0) is 60.2 Å². The van der Waals surface area contributed by atoms with Gasteiger partial charge in [-0.2, -0.15) is 0 Å². The summed E-state index contributed by atoms with van der Waals surface area (Å²) in [5, 5.41) is 0.974. The molecule has 9 heteroatoms. The van der Waals surface area contributed by atoms with Crippen LogP contribution in [0.25, 0.3) is 16.6 Å². The summed E-state index contributed by atoms with van der Waals surface area (Å²) in [6.45, 7) is 2.14. The highest BCUT2D eigenvalue weighted by atomic mass is 32.2. The van der Waals surface area contributed by atoms with Crippen molar-refractivity contribution >= 4 is 28.6 Å². The zero-order chi connectivity index (χ0) is 25.8. The molecule has 0 unspecified atom stereocenters. The van der Waals surface area contributed by atoms with Gasteiger partial charge in [0.1, 0.15) is 11.5 Å². The van der Waals surface area contributed by atoms with Crippen molar-refractivity contribution in [2.45, 2.75) is 10.9 Å². The minimum atomic E-state index is -0.200. The third-order valence-electron chi connectivity index (χ3n) is 6.22. The average Bonchev–Trinajstić information content (AvgIpc) is 2.96. The Morgan fingerprint density at radius 3 is 2.46 bits per heavy atom. The molecule has 1 aliphatic heterocycles. The molecule has 1 amide bonds. The molecule has 0 saturated carbocycles. The lowest BCUT2D eigenvalue weighted by molar-refractivity contribution is 0.0303. The van der Waals surface area contributed by atoms with Crippen molar-refractivity contribution in [1.29, 1.82) is 0 Å². The van der Waals surface area contributed by atoms with E-state index in [1.807, 2.05) is 48.5 Å². The van der Waals surface area contributed by atoms with Crippen LogP contribution in [0.5, 0.6) is 11.5 Å². The molecule has 0 N–H and O–H groups in total. The first-order chi connectivity index (χ1) is 18.1. The van der Waals surface area contributed by atoms with Gasteiger partial charge in [0, 0.05) is 24.4 Å². The number of thioether (sulfide) groups is 1. The first kappa shape index (κ1) is 24.9. The number of aromatic nitrogens is 2. The Kier molecular flexibility index (Phi) is 7.43. The van der Waals surface area contributed by atoms with E-state index in [1.54, 1.807) is 41.9 Å². The summed E-state index contributed by atoms with van der Waals surface area (Å²) in [4.78, 5) is 33.4. The minimum absolute atomic E-state index is 0.0862. The molecule has 3 aromatic carbocycles. The zero-order valence-electron chi connectivity index (χ0n) is 20.7. The summed E-state index contributed by atoms with van der Waals surface area (Å²) in [6, 6.07) is 20.2. The van der Waals surface area contributed by atoms with Crippen molar-refractivity contribution < 1.29 is 19.0 Å². The fourth-order valence-electron chi connectivity index (χ4n) is 4.21. The van der Waals surface area contributed by atoms with Gasteiger partial charge in [0.05, 0.1) is 44.0 Å². The number of nitrogens with zero attached hydrogens (tertiary/aromatic N) is 3. The maximum atomic E-state index is 13.7. The predicted molar refractivity (Wildman–Crippen MR) is 143 cm³/mol. The zero-order valence-corrected chi connectivity index (χ0v) is 21.5. The van der Waals surface area contributed by atoms with E-state index in [0.29, 0.717) is 65.1 Å². The van der Waals surface area contributed by atoms with Gasteiger partial charge in [0.15, 0.2) is 5.16 Å². The number of carbonyl (C=O) groups is 1. The fraction of sp³-hybridized carbons (Fsp3) is 0.250. The number of ether oxygens (including phenoxy) is 3. The Bertz CT molecular complexity index is 1480. The number of morpholine rings is 1. The molecule has 1 aromatic heterocycles. The summed E-state index contributed by atoms with van der Waals surface area (Å²) in [5.41, 5.74) is 2.51. The number of hydrogen-bond donors (Lipinski definition) is 0. The predicted octanol–water partition coefficient (Wildman–Crippen LogP) is 4.17. The molecule has 1 fully saturated rings. The van der Waals surface area contributed by atoms with Crippen LogP contribution in [0.2, 0.25) is 0 Å². The molecule has 0 aliphatic carbocycles. The molecule has 190 valence electrons. The summed E-state index contributed by atoms with van der Waals surface area (Å²) in [5.74, 6) is 1.96. The van der Waals surface area contributed by atoms with Crippen LogP contribution < -0.4 is 15.0 Å². The van der Waals surface area contributed by atoms with Gasteiger partial charge < -0.3 is 19.1 Å². The summed E-state index contributed by atoms with van der Waals surface area (Å²) < 4.78 is 17.6. The van der Waals surface area contributed by atoms with E-state index < -0.39 is 0 Å². The molecular formula is C28H27N3O5S. The lowest BCUT2D eigenvalue weighted by Crippen LogP contribution is -2.40. The second kappa shape index (κ2) is 11.1. The van der Waals surface area contributed by atoms with E-state index in [1.165, 1.54) is 11.8 Å². The molecule has 0 spiro atoms. The van der Waals surface area contributed by atoms with Crippen LogP contribution in [0.15, 0.2) is 76.7 Å². The van der Waals surface area contributed by atoms with E-state index in [-0.39, 0.29) is 11.5 Å². The number of carbonyl (C=O) groups excluding carboxylic acids is 1. The van der Waals surface area contributed by atoms with Gasteiger partial charge in [-0.25, -0.2) is 4.98 Å². The molecule has 8 nitrogen and oxygen atoms in total. The Morgan fingerprint density at radius 1 is 0.973 bits per heavy atom. The van der Waals surface area contributed by atoms with Crippen LogP contribution >= 0.6 is 11.8 Å². The van der Waals surface area contributed by atoms with Gasteiger partial charge in [-0.15, -0.1) is 0 Å². The fourth-order valence-corrected chi connectivity index (χ4v) is 5.17.